The second-order valence-electron chi connectivity index (χ2n) is 8.72. The molecule has 0 saturated carbocycles. The minimum absolute atomic E-state index is 0.0510. The zero-order chi connectivity index (χ0) is 20.6. The Labute approximate surface area is 185 Å². The summed E-state index contributed by atoms with van der Waals surface area (Å²) >= 11 is 1.70. The van der Waals surface area contributed by atoms with Crippen molar-refractivity contribution in [3.05, 3.63) is 58.3 Å². The van der Waals surface area contributed by atoms with Crippen LogP contribution in [0.1, 0.15) is 61.4 Å². The van der Waals surface area contributed by atoms with Crippen molar-refractivity contribution >= 4 is 17.2 Å². The van der Waals surface area contributed by atoms with Crippen molar-refractivity contribution in [2.45, 2.75) is 57.0 Å². The second kappa shape index (κ2) is 11.1. The number of piperidine rings is 1. The van der Waals surface area contributed by atoms with Crippen LogP contribution in [0, 0.1) is 0 Å². The van der Waals surface area contributed by atoms with E-state index in [2.05, 4.69) is 44.8 Å². The molecule has 4 nitrogen and oxygen atoms in total. The van der Waals surface area contributed by atoms with Gasteiger partial charge in [-0.2, -0.15) is 0 Å². The monoisotopic (exact) mass is 425 g/mol. The lowest BCUT2D eigenvalue weighted by molar-refractivity contribution is -0.122. The molecule has 1 aromatic carbocycles. The first kappa shape index (κ1) is 21.5. The Hall–Kier alpha value is -1.69. The zero-order valence-corrected chi connectivity index (χ0v) is 18.8. The average Bonchev–Trinajstić information content (AvgIpc) is 3.18. The Morgan fingerprint density at radius 2 is 1.80 bits per heavy atom. The van der Waals surface area contributed by atoms with Crippen LogP contribution in [-0.4, -0.2) is 54.5 Å². The molecule has 1 amide bonds. The standard InChI is InChI=1S/C25H35N3OS/c29-24(26-25(23-13-9-19-30-23)21-10-4-3-5-11-21)14-18-27-15-8-12-22(20-27)28-16-6-1-2-7-17-28/h3-5,9-11,13,19,22,25H,1-2,6-8,12,14-18,20H2,(H,26,29). The first-order chi connectivity index (χ1) is 14.8. The predicted molar refractivity (Wildman–Crippen MR) is 125 cm³/mol. The van der Waals surface area contributed by atoms with Crippen molar-refractivity contribution in [2.24, 2.45) is 0 Å². The van der Waals surface area contributed by atoms with Gasteiger partial charge in [-0.25, -0.2) is 0 Å². The second-order valence-corrected chi connectivity index (χ2v) is 9.70. The third-order valence-electron chi connectivity index (χ3n) is 6.56. The van der Waals surface area contributed by atoms with Crippen molar-refractivity contribution < 1.29 is 4.79 Å². The fourth-order valence-electron chi connectivity index (χ4n) is 4.91. The maximum atomic E-state index is 12.8. The lowest BCUT2D eigenvalue weighted by Crippen LogP contribution is -2.49. The zero-order valence-electron chi connectivity index (χ0n) is 18.0. The van der Waals surface area contributed by atoms with Crippen LogP contribution in [0.3, 0.4) is 0 Å². The first-order valence-corrected chi connectivity index (χ1v) is 12.5. The number of rotatable bonds is 7. The number of thiophene rings is 1. The smallest absolute Gasteiger partial charge is 0.222 e. The van der Waals surface area contributed by atoms with E-state index in [4.69, 9.17) is 0 Å². The fourth-order valence-corrected chi connectivity index (χ4v) is 5.71. The number of hydrogen-bond acceptors (Lipinski definition) is 4. The van der Waals surface area contributed by atoms with Gasteiger partial charge in [-0.15, -0.1) is 11.3 Å². The van der Waals surface area contributed by atoms with Crippen LogP contribution in [0.5, 0.6) is 0 Å². The van der Waals surface area contributed by atoms with Gasteiger partial charge < -0.3 is 10.2 Å². The van der Waals surface area contributed by atoms with E-state index in [0.29, 0.717) is 12.5 Å². The van der Waals surface area contributed by atoms with Gasteiger partial charge in [0.25, 0.3) is 0 Å². The molecule has 2 atom stereocenters. The summed E-state index contributed by atoms with van der Waals surface area (Å²) in [6, 6.07) is 15.1. The molecule has 2 unspecified atom stereocenters. The van der Waals surface area contributed by atoms with Gasteiger partial charge in [0, 0.05) is 30.4 Å². The van der Waals surface area contributed by atoms with Crippen molar-refractivity contribution in [1.29, 1.82) is 0 Å². The highest BCUT2D eigenvalue weighted by atomic mass is 32.1. The van der Waals surface area contributed by atoms with Crippen LogP contribution in [0.25, 0.3) is 0 Å². The minimum Gasteiger partial charge on any atom is -0.344 e. The highest BCUT2D eigenvalue weighted by Crippen LogP contribution is 2.26. The number of likely N-dealkylation sites (tertiary alicyclic amines) is 2. The van der Waals surface area contributed by atoms with E-state index in [-0.39, 0.29) is 11.9 Å². The Morgan fingerprint density at radius 3 is 2.53 bits per heavy atom. The molecule has 2 aromatic rings. The van der Waals surface area contributed by atoms with Gasteiger partial charge in [0.2, 0.25) is 5.91 Å². The molecular weight excluding hydrogens is 390 g/mol. The van der Waals surface area contributed by atoms with E-state index in [1.807, 2.05) is 18.2 Å². The number of benzene rings is 1. The third kappa shape index (κ3) is 5.93. The molecule has 2 aliphatic heterocycles. The van der Waals surface area contributed by atoms with E-state index >= 15 is 0 Å². The minimum atomic E-state index is -0.0510. The Balaban J connectivity index is 1.30. The summed E-state index contributed by atoms with van der Waals surface area (Å²) in [6.45, 7) is 5.64. The predicted octanol–water partition coefficient (Wildman–Crippen LogP) is 4.68. The number of amides is 1. The van der Waals surface area contributed by atoms with Crippen molar-refractivity contribution in [2.75, 3.05) is 32.7 Å². The average molecular weight is 426 g/mol. The number of nitrogens with one attached hydrogen (secondary N) is 1. The molecule has 30 heavy (non-hydrogen) atoms. The van der Waals surface area contributed by atoms with Crippen LogP contribution in [0.4, 0.5) is 0 Å². The number of carbonyl (C=O) groups is 1. The van der Waals surface area contributed by atoms with Crippen molar-refractivity contribution in [1.82, 2.24) is 15.1 Å². The van der Waals surface area contributed by atoms with Crippen molar-refractivity contribution in [3.63, 3.8) is 0 Å². The van der Waals surface area contributed by atoms with E-state index < -0.39 is 0 Å². The molecule has 162 valence electrons. The van der Waals surface area contributed by atoms with E-state index in [1.54, 1.807) is 11.3 Å². The van der Waals surface area contributed by atoms with Gasteiger partial charge in [0.15, 0.2) is 0 Å². The van der Waals surface area contributed by atoms with Gasteiger partial charge in [-0.3, -0.25) is 9.69 Å². The molecular formula is C25H35N3OS. The molecule has 1 aromatic heterocycles. The lowest BCUT2D eigenvalue weighted by atomic mass is 10.0. The van der Waals surface area contributed by atoms with Crippen LogP contribution < -0.4 is 5.32 Å². The molecule has 2 aliphatic rings. The van der Waals surface area contributed by atoms with Gasteiger partial charge in [-0.1, -0.05) is 49.2 Å². The van der Waals surface area contributed by atoms with Gasteiger partial charge in [-0.05, 0) is 62.3 Å². The van der Waals surface area contributed by atoms with Gasteiger partial charge in [0.1, 0.15) is 0 Å². The van der Waals surface area contributed by atoms with Crippen LogP contribution in [0.2, 0.25) is 0 Å². The summed E-state index contributed by atoms with van der Waals surface area (Å²) in [6.07, 6.45) is 8.62. The SMILES string of the molecule is O=C(CCN1CCCC(N2CCCCCC2)C1)NC(c1ccccc1)c1cccs1. The number of nitrogens with zero attached hydrogens (tertiary/aromatic N) is 2. The molecule has 4 rings (SSSR count). The van der Waals surface area contributed by atoms with Gasteiger partial charge in [0.05, 0.1) is 6.04 Å². The summed E-state index contributed by atoms with van der Waals surface area (Å²) in [5, 5.41) is 5.37. The summed E-state index contributed by atoms with van der Waals surface area (Å²) in [4.78, 5) is 19.3. The summed E-state index contributed by atoms with van der Waals surface area (Å²) in [5.41, 5.74) is 1.15. The van der Waals surface area contributed by atoms with Crippen LogP contribution >= 0.6 is 11.3 Å². The maximum Gasteiger partial charge on any atom is 0.222 e. The summed E-state index contributed by atoms with van der Waals surface area (Å²) < 4.78 is 0. The van der Waals surface area contributed by atoms with Gasteiger partial charge >= 0.3 is 0 Å². The molecule has 0 radical (unpaired) electrons. The molecule has 0 bridgehead atoms. The highest BCUT2D eigenvalue weighted by molar-refractivity contribution is 7.10. The van der Waals surface area contributed by atoms with E-state index in [0.717, 1.165) is 25.2 Å². The topological polar surface area (TPSA) is 35.6 Å². The van der Waals surface area contributed by atoms with Crippen LogP contribution in [-0.2, 0) is 4.79 Å². The van der Waals surface area contributed by atoms with E-state index in [9.17, 15) is 4.79 Å². The summed E-state index contributed by atoms with van der Waals surface area (Å²) in [7, 11) is 0. The fraction of sp³-hybridized carbons (Fsp3) is 0.560. The normalized spacial score (nSPS) is 22.3. The maximum absolute atomic E-state index is 12.8. The molecule has 2 saturated heterocycles. The Morgan fingerprint density at radius 1 is 1.00 bits per heavy atom. The first-order valence-electron chi connectivity index (χ1n) is 11.6. The number of carbonyl (C=O) groups excluding carboxylic acids is 1. The third-order valence-corrected chi connectivity index (χ3v) is 7.50. The highest BCUT2D eigenvalue weighted by Gasteiger charge is 2.26. The summed E-state index contributed by atoms with van der Waals surface area (Å²) in [5.74, 6) is 0.147. The molecule has 3 heterocycles. The molecule has 1 N–H and O–H groups in total. The molecule has 0 spiro atoms. The molecule has 5 heteroatoms. The van der Waals surface area contributed by atoms with Crippen molar-refractivity contribution in [3.8, 4) is 0 Å². The Kier molecular flexibility index (Phi) is 7.95. The Bertz CT molecular complexity index is 756. The quantitative estimate of drug-likeness (QED) is 0.699. The molecule has 2 fully saturated rings. The molecule has 0 aliphatic carbocycles. The lowest BCUT2D eigenvalue weighted by Gasteiger charge is -2.39. The number of hydrogen-bond donors (Lipinski definition) is 1. The van der Waals surface area contributed by atoms with Crippen LogP contribution in [0.15, 0.2) is 47.8 Å². The van der Waals surface area contributed by atoms with E-state index in [1.165, 1.54) is 56.5 Å². The largest absolute Gasteiger partial charge is 0.344 e.